The first-order valence-corrected chi connectivity index (χ1v) is 9.38. The molecular weight excluding hydrogens is 297 g/mol. The zero-order chi connectivity index (χ0) is 17.7. The predicted molar refractivity (Wildman–Crippen MR) is 101 cm³/mol. The van der Waals surface area contributed by atoms with E-state index in [2.05, 4.69) is 40.7 Å². The van der Waals surface area contributed by atoms with Gasteiger partial charge in [0.2, 0.25) is 0 Å². The summed E-state index contributed by atoms with van der Waals surface area (Å²) in [5, 5.41) is 0. The van der Waals surface area contributed by atoms with E-state index in [1.165, 1.54) is 34.5 Å². The van der Waals surface area contributed by atoms with Crippen LogP contribution in [-0.2, 0) is 18.3 Å². The molecule has 0 aliphatic heterocycles. The lowest BCUT2D eigenvalue weighted by atomic mass is 9.81. The highest BCUT2D eigenvalue weighted by Crippen LogP contribution is 2.31. The van der Waals surface area contributed by atoms with Crippen molar-refractivity contribution >= 4 is 0 Å². The third-order valence-electron chi connectivity index (χ3n) is 4.90. The third-order valence-corrected chi connectivity index (χ3v) is 4.90. The second-order valence-electron chi connectivity index (χ2n) is 7.71. The second-order valence-corrected chi connectivity index (χ2v) is 7.71. The first-order valence-electron chi connectivity index (χ1n) is 9.38. The van der Waals surface area contributed by atoms with Gasteiger partial charge >= 0.3 is 0 Å². The Hall–Kier alpha value is -1.44. The fourth-order valence-corrected chi connectivity index (χ4v) is 3.73. The fourth-order valence-electron chi connectivity index (χ4n) is 3.73. The number of aryl methyl sites for hydroxylation is 2. The Morgan fingerprint density at radius 1 is 1.25 bits per heavy atom. The minimum Gasteiger partial charge on any atom is -0.257 e. The van der Waals surface area contributed by atoms with Crippen LogP contribution in [0.15, 0.2) is 29.9 Å². The molecule has 24 heavy (non-hydrogen) atoms. The van der Waals surface area contributed by atoms with Crippen LogP contribution in [0.2, 0.25) is 0 Å². The number of hydrogen-bond acceptors (Lipinski definition) is 1. The molecule has 0 saturated heterocycles. The average molecular weight is 330 g/mol. The molecule has 0 fully saturated rings. The van der Waals surface area contributed by atoms with Gasteiger partial charge in [0.25, 0.3) is 0 Å². The Kier molecular flexibility index (Phi) is 6.37. The number of alkyl halides is 1. The SMILES string of the molecule is CCCc1nc(C(C)(C)CCC)c(C)cc1CC1=CC[C@H](F)C=C1. The van der Waals surface area contributed by atoms with E-state index in [4.69, 9.17) is 4.98 Å². The first-order chi connectivity index (χ1) is 11.4. The predicted octanol–water partition coefficient (Wildman–Crippen LogP) is 6.19. The largest absolute Gasteiger partial charge is 0.257 e. The summed E-state index contributed by atoms with van der Waals surface area (Å²) < 4.78 is 13.3. The lowest BCUT2D eigenvalue weighted by molar-refractivity contribution is 0.400. The zero-order valence-electron chi connectivity index (χ0n) is 16.0. The van der Waals surface area contributed by atoms with E-state index in [1.54, 1.807) is 6.08 Å². The summed E-state index contributed by atoms with van der Waals surface area (Å²) in [6.07, 6.45) is 10.6. The Morgan fingerprint density at radius 2 is 2.00 bits per heavy atom. The van der Waals surface area contributed by atoms with Crippen molar-refractivity contribution in [1.82, 2.24) is 4.98 Å². The van der Waals surface area contributed by atoms with E-state index in [1.807, 2.05) is 12.2 Å². The molecule has 2 rings (SSSR count). The highest BCUT2D eigenvalue weighted by Gasteiger charge is 2.24. The lowest BCUT2D eigenvalue weighted by Gasteiger charge is -2.27. The number of rotatable bonds is 7. The fraction of sp³-hybridized carbons (Fsp3) is 0.591. The van der Waals surface area contributed by atoms with Crippen molar-refractivity contribution in [2.75, 3.05) is 0 Å². The molecule has 0 radical (unpaired) electrons. The summed E-state index contributed by atoms with van der Waals surface area (Å²) >= 11 is 0. The topological polar surface area (TPSA) is 12.9 Å². The van der Waals surface area contributed by atoms with Crippen LogP contribution in [-0.4, -0.2) is 11.2 Å². The number of hydrogen-bond donors (Lipinski definition) is 0. The van der Waals surface area contributed by atoms with E-state index in [9.17, 15) is 4.39 Å². The Labute approximate surface area is 147 Å². The van der Waals surface area contributed by atoms with E-state index < -0.39 is 6.17 Å². The molecule has 2 heteroatoms. The molecule has 0 bridgehead atoms. The summed E-state index contributed by atoms with van der Waals surface area (Å²) in [5.41, 5.74) is 6.38. The molecule has 0 amide bonds. The highest BCUT2D eigenvalue weighted by atomic mass is 19.1. The van der Waals surface area contributed by atoms with Gasteiger partial charge in [-0.2, -0.15) is 0 Å². The van der Waals surface area contributed by atoms with Crippen molar-refractivity contribution in [3.63, 3.8) is 0 Å². The molecule has 1 nitrogen and oxygen atoms in total. The van der Waals surface area contributed by atoms with Gasteiger partial charge in [0.15, 0.2) is 0 Å². The van der Waals surface area contributed by atoms with E-state index in [-0.39, 0.29) is 5.41 Å². The summed E-state index contributed by atoms with van der Waals surface area (Å²) in [6, 6.07) is 2.32. The molecule has 0 saturated carbocycles. The molecule has 1 atom stereocenters. The minimum absolute atomic E-state index is 0.116. The van der Waals surface area contributed by atoms with Crippen molar-refractivity contribution in [3.05, 3.63) is 52.4 Å². The van der Waals surface area contributed by atoms with Crippen LogP contribution >= 0.6 is 0 Å². The molecule has 1 heterocycles. The van der Waals surface area contributed by atoms with E-state index >= 15 is 0 Å². The third kappa shape index (κ3) is 4.55. The molecule has 0 unspecified atom stereocenters. The molecular formula is C22H32FN. The second kappa shape index (κ2) is 8.09. The summed E-state index contributed by atoms with van der Waals surface area (Å²) in [4.78, 5) is 5.11. The number of nitrogens with zero attached hydrogens (tertiary/aromatic N) is 1. The summed E-state index contributed by atoms with van der Waals surface area (Å²) in [5.74, 6) is 0. The van der Waals surface area contributed by atoms with Crippen LogP contribution in [0.25, 0.3) is 0 Å². The molecule has 1 aromatic heterocycles. The number of pyridine rings is 1. The number of halogens is 1. The smallest absolute Gasteiger partial charge is 0.122 e. The number of allylic oxidation sites excluding steroid dienone is 4. The van der Waals surface area contributed by atoms with Crippen molar-refractivity contribution in [2.24, 2.45) is 0 Å². The summed E-state index contributed by atoms with van der Waals surface area (Å²) in [7, 11) is 0. The van der Waals surface area contributed by atoms with Crippen LogP contribution in [0.5, 0.6) is 0 Å². The van der Waals surface area contributed by atoms with E-state index in [0.717, 1.165) is 25.7 Å². The van der Waals surface area contributed by atoms with Crippen LogP contribution < -0.4 is 0 Å². The molecule has 132 valence electrons. The maximum atomic E-state index is 13.3. The monoisotopic (exact) mass is 329 g/mol. The quantitative estimate of drug-likeness (QED) is 0.581. The van der Waals surface area contributed by atoms with Crippen molar-refractivity contribution in [1.29, 1.82) is 0 Å². The first kappa shape index (κ1) is 18.9. The Balaban J connectivity index is 2.35. The standard InChI is InChI=1S/C22H32FN/c1-6-8-20-18(15-17-9-11-19(23)12-10-17)14-16(3)21(24-20)22(4,5)13-7-2/h9-11,14,19H,6-8,12-13,15H2,1-5H3/t19-/m1/s1. The molecule has 1 aromatic rings. The van der Waals surface area contributed by atoms with Crippen LogP contribution in [0.1, 0.15) is 75.9 Å². The van der Waals surface area contributed by atoms with Crippen molar-refractivity contribution in [2.45, 2.75) is 84.7 Å². The van der Waals surface area contributed by atoms with Crippen LogP contribution in [0, 0.1) is 6.92 Å². The highest BCUT2D eigenvalue weighted by molar-refractivity contribution is 5.38. The van der Waals surface area contributed by atoms with Gasteiger partial charge < -0.3 is 0 Å². The van der Waals surface area contributed by atoms with Crippen molar-refractivity contribution < 1.29 is 4.39 Å². The molecule has 0 spiro atoms. The molecule has 0 N–H and O–H groups in total. The minimum atomic E-state index is -0.819. The van der Waals surface area contributed by atoms with E-state index in [0.29, 0.717) is 6.42 Å². The Bertz CT molecular complexity index is 625. The van der Waals surface area contributed by atoms with Gasteiger partial charge in [-0.05, 0) is 42.9 Å². The van der Waals surface area contributed by atoms with Gasteiger partial charge in [-0.25, -0.2) is 4.39 Å². The van der Waals surface area contributed by atoms with Crippen LogP contribution in [0.3, 0.4) is 0 Å². The molecule has 1 aliphatic rings. The van der Waals surface area contributed by atoms with Crippen LogP contribution in [0.4, 0.5) is 4.39 Å². The Morgan fingerprint density at radius 3 is 2.58 bits per heavy atom. The normalized spacial score (nSPS) is 17.9. The van der Waals surface area contributed by atoms with Gasteiger partial charge in [-0.15, -0.1) is 0 Å². The molecule has 1 aliphatic carbocycles. The van der Waals surface area contributed by atoms with Gasteiger partial charge in [0.05, 0.1) is 0 Å². The van der Waals surface area contributed by atoms with Gasteiger partial charge in [-0.1, -0.05) is 64.8 Å². The number of aromatic nitrogens is 1. The zero-order valence-corrected chi connectivity index (χ0v) is 16.0. The average Bonchev–Trinajstić information content (AvgIpc) is 2.52. The molecule has 0 aromatic carbocycles. The summed E-state index contributed by atoms with van der Waals surface area (Å²) in [6.45, 7) is 11.2. The lowest BCUT2D eigenvalue weighted by Crippen LogP contribution is -2.22. The van der Waals surface area contributed by atoms with Gasteiger partial charge in [-0.3, -0.25) is 4.98 Å². The maximum Gasteiger partial charge on any atom is 0.122 e. The van der Waals surface area contributed by atoms with Gasteiger partial charge in [0.1, 0.15) is 6.17 Å². The van der Waals surface area contributed by atoms with Crippen molar-refractivity contribution in [3.8, 4) is 0 Å². The van der Waals surface area contributed by atoms with Gasteiger partial charge in [0, 0.05) is 23.2 Å². The maximum absolute atomic E-state index is 13.3.